The number of carbonyl (C=O) groups excluding carboxylic acids is 2. The van der Waals surface area contributed by atoms with E-state index in [2.05, 4.69) is 5.32 Å². The maximum atomic E-state index is 12.9. The molecule has 0 unspecified atom stereocenters. The Morgan fingerprint density at radius 3 is 2.19 bits per heavy atom. The Hall–Kier alpha value is -3.24. The molecule has 10 heteroatoms. The van der Waals surface area contributed by atoms with Crippen molar-refractivity contribution in [2.24, 2.45) is 0 Å². The number of benzene rings is 2. The molecule has 1 saturated heterocycles. The highest BCUT2D eigenvalue weighted by atomic mass is 32.2. The van der Waals surface area contributed by atoms with E-state index in [0.29, 0.717) is 43.5 Å². The second-order valence-electron chi connectivity index (χ2n) is 6.50. The second kappa shape index (κ2) is 10.4. The van der Waals surface area contributed by atoms with Gasteiger partial charge < -0.3 is 24.3 Å². The van der Waals surface area contributed by atoms with Crippen molar-refractivity contribution in [3.8, 4) is 23.0 Å². The third-order valence-corrected chi connectivity index (χ3v) is 5.91. The topological polar surface area (TPSA) is 86.3 Å². The lowest BCUT2D eigenvalue weighted by molar-refractivity contribution is -0.126. The van der Waals surface area contributed by atoms with Crippen LogP contribution in [0.1, 0.15) is 5.56 Å². The predicted molar refractivity (Wildman–Crippen MR) is 128 cm³/mol. The summed E-state index contributed by atoms with van der Waals surface area (Å²) in [5.41, 5.74) is 1.26. The van der Waals surface area contributed by atoms with Crippen LogP contribution in [0.25, 0.3) is 6.08 Å². The minimum Gasteiger partial charge on any atom is -0.497 e. The maximum Gasteiger partial charge on any atom is 0.266 e. The summed E-state index contributed by atoms with van der Waals surface area (Å²) in [7, 11) is 6.11. The van der Waals surface area contributed by atoms with E-state index >= 15 is 0 Å². The van der Waals surface area contributed by atoms with Gasteiger partial charge >= 0.3 is 0 Å². The van der Waals surface area contributed by atoms with Crippen LogP contribution in [-0.2, 0) is 9.59 Å². The van der Waals surface area contributed by atoms with Crippen LogP contribution in [0.2, 0.25) is 0 Å². The maximum absolute atomic E-state index is 12.9. The first-order chi connectivity index (χ1) is 15.4. The molecule has 1 heterocycles. The molecule has 1 N–H and O–H groups in total. The van der Waals surface area contributed by atoms with Crippen molar-refractivity contribution in [3.63, 3.8) is 0 Å². The number of amides is 2. The molecule has 0 bridgehead atoms. The van der Waals surface area contributed by atoms with Crippen molar-refractivity contribution >= 4 is 51.9 Å². The summed E-state index contributed by atoms with van der Waals surface area (Å²) in [5, 5.41) is 2.74. The van der Waals surface area contributed by atoms with Gasteiger partial charge in [-0.15, -0.1) is 0 Å². The molecule has 2 aromatic carbocycles. The van der Waals surface area contributed by atoms with E-state index in [-0.39, 0.29) is 18.4 Å². The van der Waals surface area contributed by atoms with E-state index < -0.39 is 0 Å². The zero-order valence-corrected chi connectivity index (χ0v) is 19.6. The Kier molecular flexibility index (Phi) is 7.60. The van der Waals surface area contributed by atoms with Gasteiger partial charge in [-0.3, -0.25) is 14.5 Å². The number of nitrogens with zero attached hydrogens (tertiary/aromatic N) is 1. The standard InChI is InChI=1S/C22H22N2O6S2/c1-27-15-7-5-14(6-8-15)23-19(25)12-24-21(26)18(32-22(24)31)11-13-9-16(28-2)20(30-4)17(10-13)29-3/h5-11H,12H2,1-4H3,(H,23,25). The van der Waals surface area contributed by atoms with Gasteiger partial charge in [0.2, 0.25) is 11.7 Å². The van der Waals surface area contributed by atoms with Crippen LogP contribution in [0.3, 0.4) is 0 Å². The molecule has 0 aliphatic carbocycles. The highest BCUT2D eigenvalue weighted by molar-refractivity contribution is 8.26. The van der Waals surface area contributed by atoms with Crippen LogP contribution in [0.4, 0.5) is 5.69 Å². The summed E-state index contributed by atoms with van der Waals surface area (Å²) in [4.78, 5) is 27.0. The van der Waals surface area contributed by atoms with Gasteiger partial charge in [0, 0.05) is 5.69 Å². The number of ether oxygens (including phenoxy) is 4. The van der Waals surface area contributed by atoms with E-state index in [4.69, 9.17) is 31.2 Å². The Labute approximate surface area is 195 Å². The number of hydrogen-bond donors (Lipinski definition) is 1. The molecule has 2 amide bonds. The lowest BCUT2D eigenvalue weighted by Gasteiger charge is -2.14. The summed E-state index contributed by atoms with van der Waals surface area (Å²) in [5.74, 6) is 1.35. The fourth-order valence-corrected chi connectivity index (χ4v) is 4.25. The first-order valence-corrected chi connectivity index (χ1v) is 10.6. The van der Waals surface area contributed by atoms with E-state index in [1.807, 2.05) is 0 Å². The third kappa shape index (κ3) is 5.14. The average molecular weight is 475 g/mol. The van der Waals surface area contributed by atoms with Crippen molar-refractivity contribution in [2.45, 2.75) is 0 Å². The zero-order chi connectivity index (χ0) is 23.3. The van der Waals surface area contributed by atoms with Crippen molar-refractivity contribution < 1.29 is 28.5 Å². The fraction of sp³-hybridized carbons (Fsp3) is 0.227. The van der Waals surface area contributed by atoms with Crippen LogP contribution in [0, 0.1) is 0 Å². The lowest BCUT2D eigenvalue weighted by Crippen LogP contribution is -2.36. The molecule has 32 heavy (non-hydrogen) atoms. The molecule has 0 aromatic heterocycles. The molecular weight excluding hydrogens is 452 g/mol. The highest BCUT2D eigenvalue weighted by Gasteiger charge is 2.33. The van der Waals surface area contributed by atoms with Crippen LogP contribution < -0.4 is 24.3 Å². The smallest absolute Gasteiger partial charge is 0.266 e. The quantitative estimate of drug-likeness (QED) is 0.459. The van der Waals surface area contributed by atoms with Gasteiger partial charge in [0.25, 0.3) is 5.91 Å². The number of nitrogens with one attached hydrogen (secondary N) is 1. The van der Waals surface area contributed by atoms with Gasteiger partial charge in [-0.05, 0) is 48.0 Å². The Morgan fingerprint density at radius 2 is 1.66 bits per heavy atom. The van der Waals surface area contributed by atoms with Crippen LogP contribution in [0.5, 0.6) is 23.0 Å². The van der Waals surface area contributed by atoms with E-state index in [1.165, 1.54) is 26.2 Å². The minimum atomic E-state index is -0.361. The SMILES string of the molecule is COc1ccc(NC(=O)CN2C(=O)C(=Cc3cc(OC)c(OC)c(OC)c3)SC2=S)cc1. The summed E-state index contributed by atoms with van der Waals surface area (Å²) in [6, 6.07) is 10.3. The first-order valence-electron chi connectivity index (χ1n) is 9.39. The highest BCUT2D eigenvalue weighted by Crippen LogP contribution is 2.40. The molecular formula is C22H22N2O6S2. The van der Waals surface area contributed by atoms with Crippen molar-refractivity contribution in [3.05, 3.63) is 46.9 Å². The number of anilines is 1. The molecule has 168 valence electrons. The summed E-state index contributed by atoms with van der Waals surface area (Å²) in [6.07, 6.45) is 1.67. The number of rotatable bonds is 8. The fourth-order valence-electron chi connectivity index (χ4n) is 2.99. The third-order valence-electron chi connectivity index (χ3n) is 4.53. The van der Waals surface area contributed by atoms with Crippen molar-refractivity contribution in [2.75, 3.05) is 40.3 Å². The van der Waals surface area contributed by atoms with Gasteiger partial charge in [0.1, 0.15) is 16.6 Å². The number of hydrogen-bond acceptors (Lipinski definition) is 8. The first kappa shape index (κ1) is 23.4. The van der Waals surface area contributed by atoms with Crippen molar-refractivity contribution in [1.82, 2.24) is 4.90 Å². The van der Waals surface area contributed by atoms with E-state index in [1.54, 1.807) is 49.6 Å². The molecule has 2 aromatic rings. The summed E-state index contributed by atoms with van der Waals surface area (Å²) in [6.45, 7) is -0.191. The largest absolute Gasteiger partial charge is 0.497 e. The molecule has 0 spiro atoms. The number of methoxy groups -OCH3 is 4. The van der Waals surface area contributed by atoms with Gasteiger partial charge in [-0.2, -0.15) is 0 Å². The number of carbonyl (C=O) groups is 2. The van der Waals surface area contributed by atoms with Gasteiger partial charge in [-0.25, -0.2) is 0 Å². The van der Waals surface area contributed by atoms with Crippen LogP contribution in [0.15, 0.2) is 41.3 Å². The van der Waals surface area contributed by atoms with Gasteiger partial charge in [0.05, 0.1) is 33.3 Å². The second-order valence-corrected chi connectivity index (χ2v) is 8.18. The number of thiocarbonyl (C=S) groups is 1. The molecule has 1 aliphatic heterocycles. The summed E-state index contributed by atoms with van der Waals surface area (Å²) < 4.78 is 21.4. The monoisotopic (exact) mass is 474 g/mol. The Bertz CT molecular complexity index is 1040. The van der Waals surface area contributed by atoms with Gasteiger partial charge in [-0.1, -0.05) is 24.0 Å². The molecule has 0 radical (unpaired) electrons. The van der Waals surface area contributed by atoms with Crippen LogP contribution >= 0.6 is 24.0 Å². The summed E-state index contributed by atoms with van der Waals surface area (Å²) >= 11 is 6.45. The number of thioether (sulfide) groups is 1. The van der Waals surface area contributed by atoms with Gasteiger partial charge in [0.15, 0.2) is 11.5 Å². The molecule has 1 aliphatic rings. The molecule has 1 fully saturated rings. The molecule has 3 rings (SSSR count). The zero-order valence-electron chi connectivity index (χ0n) is 18.0. The Balaban J connectivity index is 1.75. The van der Waals surface area contributed by atoms with E-state index in [9.17, 15) is 9.59 Å². The predicted octanol–water partition coefficient (Wildman–Crippen LogP) is 3.56. The van der Waals surface area contributed by atoms with Crippen LogP contribution in [-0.4, -0.2) is 56.0 Å². The van der Waals surface area contributed by atoms with E-state index in [0.717, 1.165) is 11.8 Å². The molecule has 0 atom stereocenters. The minimum absolute atomic E-state index is 0.191. The van der Waals surface area contributed by atoms with Crippen molar-refractivity contribution in [1.29, 1.82) is 0 Å². The Morgan fingerprint density at radius 1 is 1.03 bits per heavy atom. The molecule has 0 saturated carbocycles. The average Bonchev–Trinajstić information content (AvgIpc) is 3.05. The lowest BCUT2D eigenvalue weighted by atomic mass is 10.1. The normalized spacial score (nSPS) is 14.5. The molecule has 8 nitrogen and oxygen atoms in total.